The molecule has 0 saturated heterocycles. The molecule has 24 heavy (non-hydrogen) atoms. The molecule has 0 aliphatic carbocycles. The van der Waals surface area contributed by atoms with E-state index in [4.69, 9.17) is 0 Å². The number of anilines is 1. The molecule has 10 nitrogen and oxygen atoms in total. The number of nitrogens with zero attached hydrogens (tertiary/aromatic N) is 5. The largest absolute Gasteiger partial charge is 0.465 e. The lowest BCUT2D eigenvalue weighted by molar-refractivity contribution is -0.384. The highest BCUT2D eigenvalue weighted by molar-refractivity contribution is 5.90. The molecular weight excluding hydrogens is 316 g/mol. The summed E-state index contributed by atoms with van der Waals surface area (Å²) >= 11 is 0. The van der Waals surface area contributed by atoms with E-state index < -0.39 is 10.9 Å². The Hall–Kier alpha value is -3.04. The third-order valence-electron chi connectivity index (χ3n) is 3.84. The lowest BCUT2D eigenvalue weighted by Crippen LogP contribution is -2.16. The van der Waals surface area contributed by atoms with E-state index in [0.29, 0.717) is 5.82 Å². The van der Waals surface area contributed by atoms with Gasteiger partial charge in [0.25, 0.3) is 0 Å². The van der Waals surface area contributed by atoms with Crippen molar-refractivity contribution in [3.05, 3.63) is 39.6 Å². The molecule has 0 aromatic carbocycles. The topological polar surface area (TPSA) is 125 Å². The first-order chi connectivity index (χ1) is 11.6. The number of nitro groups is 1. The molecular formula is C14H16N6O4. The number of hydrogen-bond donors (Lipinski definition) is 1. The van der Waals surface area contributed by atoms with Crippen molar-refractivity contribution < 1.29 is 14.5 Å². The van der Waals surface area contributed by atoms with Gasteiger partial charge in [0.05, 0.1) is 24.1 Å². The minimum Gasteiger partial charge on any atom is -0.465 e. The molecule has 0 amide bonds. The van der Waals surface area contributed by atoms with Crippen LogP contribution < -0.4 is 5.32 Å². The van der Waals surface area contributed by atoms with Gasteiger partial charge in [-0.25, -0.2) is 9.78 Å². The Morgan fingerprint density at radius 3 is 3.04 bits per heavy atom. The van der Waals surface area contributed by atoms with Crippen LogP contribution in [0.5, 0.6) is 0 Å². The number of carbonyl (C=O) groups excluding carboxylic acids is 1. The average molecular weight is 332 g/mol. The summed E-state index contributed by atoms with van der Waals surface area (Å²) < 4.78 is 6.57. The SMILES string of the molecule is COC(=O)c1cnc(NCc2nnc3n2CCCC3)c([N+](=O)[O-])c1. The number of nitrogens with one attached hydrogen (secondary N) is 1. The molecule has 2 aromatic rings. The van der Waals surface area contributed by atoms with Crippen LogP contribution in [0, 0.1) is 10.1 Å². The normalized spacial score (nSPS) is 13.2. The van der Waals surface area contributed by atoms with E-state index in [2.05, 4.69) is 25.2 Å². The zero-order valence-electron chi connectivity index (χ0n) is 13.1. The molecule has 0 bridgehead atoms. The summed E-state index contributed by atoms with van der Waals surface area (Å²) in [4.78, 5) is 26.1. The number of rotatable bonds is 5. The van der Waals surface area contributed by atoms with Crippen LogP contribution in [-0.4, -0.2) is 37.8 Å². The highest BCUT2D eigenvalue weighted by Gasteiger charge is 2.21. The molecule has 0 unspecified atom stereocenters. The standard InChI is InChI=1S/C14H16N6O4/c1-24-14(21)9-6-10(20(22)23)13(15-7-9)16-8-12-18-17-11-4-2-3-5-19(11)12/h6-7H,2-5,8H2,1H3,(H,15,16). The van der Waals surface area contributed by atoms with Crippen LogP contribution in [0.4, 0.5) is 11.5 Å². The molecule has 0 spiro atoms. The monoisotopic (exact) mass is 332 g/mol. The zero-order valence-corrected chi connectivity index (χ0v) is 13.1. The predicted molar refractivity (Wildman–Crippen MR) is 82.5 cm³/mol. The summed E-state index contributed by atoms with van der Waals surface area (Å²) in [5.74, 6) is 1.03. The van der Waals surface area contributed by atoms with Gasteiger partial charge < -0.3 is 14.6 Å². The molecule has 0 atom stereocenters. The van der Waals surface area contributed by atoms with Gasteiger partial charge in [-0.05, 0) is 12.8 Å². The first kappa shape index (κ1) is 15.8. The molecule has 3 heterocycles. The number of pyridine rings is 1. The number of methoxy groups -OCH3 is 1. The number of aryl methyl sites for hydroxylation is 1. The van der Waals surface area contributed by atoms with Gasteiger partial charge in [-0.15, -0.1) is 10.2 Å². The van der Waals surface area contributed by atoms with Crippen molar-refractivity contribution in [3.63, 3.8) is 0 Å². The number of carbonyl (C=O) groups is 1. The Bertz CT molecular complexity index is 788. The van der Waals surface area contributed by atoms with Crippen molar-refractivity contribution >= 4 is 17.5 Å². The van der Waals surface area contributed by atoms with E-state index in [-0.39, 0.29) is 23.6 Å². The van der Waals surface area contributed by atoms with Gasteiger partial charge in [-0.2, -0.15) is 0 Å². The maximum atomic E-state index is 11.5. The molecule has 0 fully saturated rings. The number of ether oxygens (including phenoxy) is 1. The van der Waals surface area contributed by atoms with Gasteiger partial charge in [0.2, 0.25) is 5.82 Å². The summed E-state index contributed by atoms with van der Waals surface area (Å²) in [5.41, 5.74) is -0.272. The third-order valence-corrected chi connectivity index (χ3v) is 3.84. The Kier molecular flexibility index (Phi) is 4.36. The maximum Gasteiger partial charge on any atom is 0.339 e. The smallest absolute Gasteiger partial charge is 0.339 e. The summed E-state index contributed by atoms with van der Waals surface area (Å²) in [6.07, 6.45) is 4.28. The highest BCUT2D eigenvalue weighted by Crippen LogP contribution is 2.24. The molecule has 10 heteroatoms. The van der Waals surface area contributed by atoms with Crippen molar-refractivity contribution in [1.29, 1.82) is 0 Å². The van der Waals surface area contributed by atoms with E-state index in [1.165, 1.54) is 13.3 Å². The van der Waals surface area contributed by atoms with Crippen LogP contribution in [0.15, 0.2) is 12.3 Å². The van der Waals surface area contributed by atoms with E-state index in [1.807, 2.05) is 4.57 Å². The second-order valence-corrected chi connectivity index (χ2v) is 5.34. The fourth-order valence-electron chi connectivity index (χ4n) is 2.62. The van der Waals surface area contributed by atoms with Crippen LogP contribution in [0.3, 0.4) is 0 Å². The first-order valence-electron chi connectivity index (χ1n) is 7.47. The maximum absolute atomic E-state index is 11.5. The van der Waals surface area contributed by atoms with Crippen molar-refractivity contribution in [3.8, 4) is 0 Å². The predicted octanol–water partition coefficient (Wildman–Crippen LogP) is 1.32. The van der Waals surface area contributed by atoms with Gasteiger partial charge in [0.15, 0.2) is 5.82 Å². The third kappa shape index (κ3) is 3.03. The van der Waals surface area contributed by atoms with Crippen molar-refractivity contribution in [2.24, 2.45) is 0 Å². The summed E-state index contributed by atoms with van der Waals surface area (Å²) in [6, 6.07) is 1.14. The number of aromatic nitrogens is 4. The van der Waals surface area contributed by atoms with Crippen LogP contribution in [0.25, 0.3) is 0 Å². The van der Waals surface area contributed by atoms with Gasteiger partial charge in [0, 0.05) is 25.2 Å². The van der Waals surface area contributed by atoms with Gasteiger partial charge in [-0.1, -0.05) is 0 Å². The van der Waals surface area contributed by atoms with Crippen LogP contribution in [-0.2, 0) is 24.2 Å². The molecule has 126 valence electrons. The Balaban J connectivity index is 1.81. The first-order valence-corrected chi connectivity index (χ1v) is 7.47. The van der Waals surface area contributed by atoms with Crippen molar-refractivity contribution in [2.75, 3.05) is 12.4 Å². The van der Waals surface area contributed by atoms with Crippen molar-refractivity contribution in [1.82, 2.24) is 19.7 Å². The quantitative estimate of drug-likeness (QED) is 0.493. The van der Waals surface area contributed by atoms with Gasteiger partial charge in [0.1, 0.15) is 5.82 Å². The molecule has 1 N–H and O–H groups in total. The average Bonchev–Trinajstić information content (AvgIpc) is 3.02. The van der Waals surface area contributed by atoms with Crippen LogP contribution in [0.1, 0.15) is 34.8 Å². The summed E-state index contributed by atoms with van der Waals surface area (Å²) in [6.45, 7) is 1.11. The van der Waals surface area contributed by atoms with E-state index in [1.54, 1.807) is 0 Å². The van der Waals surface area contributed by atoms with E-state index in [9.17, 15) is 14.9 Å². The van der Waals surface area contributed by atoms with Crippen LogP contribution in [0.2, 0.25) is 0 Å². The fraction of sp³-hybridized carbons (Fsp3) is 0.429. The lowest BCUT2D eigenvalue weighted by atomic mass is 10.2. The second-order valence-electron chi connectivity index (χ2n) is 5.34. The lowest BCUT2D eigenvalue weighted by Gasteiger charge is -2.15. The molecule has 1 aliphatic rings. The minimum absolute atomic E-state index is 0.0228. The highest BCUT2D eigenvalue weighted by atomic mass is 16.6. The number of hydrogen-bond acceptors (Lipinski definition) is 8. The summed E-state index contributed by atoms with van der Waals surface area (Å²) in [7, 11) is 1.20. The summed E-state index contributed by atoms with van der Waals surface area (Å²) in [5, 5.41) is 22.4. The second kappa shape index (κ2) is 6.60. The molecule has 1 aliphatic heterocycles. The molecule has 0 saturated carbocycles. The minimum atomic E-state index is -0.677. The Morgan fingerprint density at radius 2 is 2.29 bits per heavy atom. The van der Waals surface area contributed by atoms with Gasteiger partial charge >= 0.3 is 11.7 Å². The van der Waals surface area contributed by atoms with E-state index in [0.717, 1.165) is 37.7 Å². The zero-order chi connectivity index (χ0) is 17.1. The van der Waals surface area contributed by atoms with Gasteiger partial charge in [-0.3, -0.25) is 10.1 Å². The molecule has 3 rings (SSSR count). The molecule has 2 aromatic heterocycles. The number of esters is 1. The fourth-order valence-corrected chi connectivity index (χ4v) is 2.62. The van der Waals surface area contributed by atoms with E-state index >= 15 is 0 Å². The Labute approximate surface area is 137 Å². The van der Waals surface area contributed by atoms with Crippen LogP contribution >= 0.6 is 0 Å². The Morgan fingerprint density at radius 1 is 1.46 bits per heavy atom. The number of fused-ring (bicyclic) bond motifs is 1. The van der Waals surface area contributed by atoms with Crippen molar-refractivity contribution in [2.45, 2.75) is 32.4 Å². The molecule has 0 radical (unpaired) electrons.